The van der Waals surface area contributed by atoms with Gasteiger partial charge in [-0.25, -0.2) is 9.97 Å². The highest BCUT2D eigenvalue weighted by molar-refractivity contribution is 6.05. The fraction of sp³-hybridized carbons (Fsp3) is 0.294. The fourth-order valence-corrected chi connectivity index (χ4v) is 4.39. The van der Waals surface area contributed by atoms with Crippen LogP contribution in [-0.4, -0.2) is 41.5 Å². The van der Waals surface area contributed by atoms with Crippen molar-refractivity contribution in [2.45, 2.75) is 46.5 Å². The lowest BCUT2D eigenvalue weighted by Gasteiger charge is -2.19. The number of carbonyl (C=O) groups excluding carboxylic acids is 2. The van der Waals surface area contributed by atoms with Gasteiger partial charge in [0.05, 0.1) is 5.69 Å². The summed E-state index contributed by atoms with van der Waals surface area (Å²) in [4.78, 5) is 34.5. The molecule has 8 nitrogen and oxygen atoms in total. The van der Waals surface area contributed by atoms with Crippen LogP contribution in [0.1, 0.15) is 66.0 Å². The van der Waals surface area contributed by atoms with Gasteiger partial charge in [-0.1, -0.05) is 45.0 Å². The number of carbonyl (C=O) groups is 2. The third-order valence-electron chi connectivity index (χ3n) is 6.89. The monoisotopic (exact) mass is 565 g/mol. The molecule has 3 N–H and O–H groups in total. The maximum absolute atomic E-state index is 13.0. The van der Waals surface area contributed by atoms with E-state index in [1.54, 1.807) is 18.3 Å². The van der Waals surface area contributed by atoms with E-state index in [0.29, 0.717) is 36.8 Å². The van der Waals surface area contributed by atoms with Crippen LogP contribution in [-0.2, 0) is 10.2 Å². The van der Waals surface area contributed by atoms with Crippen molar-refractivity contribution in [2.75, 3.05) is 30.4 Å². The Balaban J connectivity index is 1.42. The van der Waals surface area contributed by atoms with Crippen LogP contribution in [0.2, 0.25) is 0 Å². The minimum absolute atomic E-state index is 0.0227. The smallest absolute Gasteiger partial charge is 0.255 e. The predicted molar refractivity (Wildman–Crippen MR) is 168 cm³/mol. The Hall–Kier alpha value is -4.56. The molecule has 0 aliphatic carbocycles. The molecule has 1 heterocycles. The first kappa shape index (κ1) is 30.4. The summed E-state index contributed by atoms with van der Waals surface area (Å²) in [7, 11) is 0. The van der Waals surface area contributed by atoms with E-state index >= 15 is 0 Å². The Bertz CT molecular complexity index is 1510. The normalized spacial score (nSPS) is 11.2. The van der Waals surface area contributed by atoms with E-state index in [1.165, 1.54) is 5.56 Å². The molecule has 3 aromatic carbocycles. The largest absolute Gasteiger partial charge is 0.382 e. The SMILES string of the molecule is CCOCCCNC(=O)c1ccc(Nc2nccc(-c3cccc(NC(=O)c4ccc(C(C)(C)C)cc4)c3C)n2)cc1. The molecule has 0 bridgehead atoms. The Morgan fingerprint density at radius 1 is 0.881 bits per heavy atom. The molecule has 1 aromatic heterocycles. The lowest BCUT2D eigenvalue weighted by Crippen LogP contribution is -2.25. The van der Waals surface area contributed by atoms with Gasteiger partial charge in [0.25, 0.3) is 11.8 Å². The lowest BCUT2D eigenvalue weighted by atomic mass is 9.86. The van der Waals surface area contributed by atoms with Crippen LogP contribution in [0.25, 0.3) is 11.3 Å². The van der Waals surface area contributed by atoms with Crippen molar-refractivity contribution in [3.8, 4) is 11.3 Å². The van der Waals surface area contributed by atoms with Crippen molar-refractivity contribution in [1.29, 1.82) is 0 Å². The minimum atomic E-state index is -0.164. The highest BCUT2D eigenvalue weighted by Crippen LogP contribution is 2.29. The van der Waals surface area contributed by atoms with Crippen LogP contribution in [0.5, 0.6) is 0 Å². The highest BCUT2D eigenvalue weighted by atomic mass is 16.5. The minimum Gasteiger partial charge on any atom is -0.382 e. The second kappa shape index (κ2) is 13.9. The Kier molecular flexibility index (Phi) is 10.0. The molecule has 0 aliphatic heterocycles. The summed E-state index contributed by atoms with van der Waals surface area (Å²) in [5, 5.41) is 9.16. The molecule has 0 saturated carbocycles. The quantitative estimate of drug-likeness (QED) is 0.171. The van der Waals surface area contributed by atoms with Crippen molar-refractivity contribution in [3.05, 3.63) is 101 Å². The number of amides is 2. The Morgan fingerprint density at radius 3 is 2.26 bits per heavy atom. The van der Waals surface area contributed by atoms with Gasteiger partial charge in [-0.05, 0) is 85.3 Å². The van der Waals surface area contributed by atoms with Crippen LogP contribution in [0, 0.1) is 6.92 Å². The van der Waals surface area contributed by atoms with Gasteiger partial charge in [0.2, 0.25) is 5.95 Å². The molecule has 4 aromatic rings. The van der Waals surface area contributed by atoms with Gasteiger partial charge in [0.15, 0.2) is 0 Å². The molecular formula is C34H39N5O3. The fourth-order valence-electron chi connectivity index (χ4n) is 4.39. The van der Waals surface area contributed by atoms with Crippen LogP contribution in [0.3, 0.4) is 0 Å². The van der Waals surface area contributed by atoms with Crippen molar-refractivity contribution in [1.82, 2.24) is 15.3 Å². The van der Waals surface area contributed by atoms with Gasteiger partial charge in [-0.15, -0.1) is 0 Å². The summed E-state index contributed by atoms with van der Waals surface area (Å²) in [6.07, 6.45) is 2.46. The third kappa shape index (κ3) is 8.01. The van der Waals surface area contributed by atoms with Gasteiger partial charge >= 0.3 is 0 Å². The number of nitrogens with zero attached hydrogens (tertiary/aromatic N) is 2. The van der Waals surface area contributed by atoms with E-state index < -0.39 is 0 Å². The van der Waals surface area contributed by atoms with E-state index in [-0.39, 0.29) is 17.2 Å². The van der Waals surface area contributed by atoms with Gasteiger partial charge in [-0.3, -0.25) is 9.59 Å². The number of hydrogen-bond acceptors (Lipinski definition) is 6. The first-order chi connectivity index (χ1) is 20.2. The van der Waals surface area contributed by atoms with Gasteiger partial charge in [0, 0.05) is 54.0 Å². The molecule has 0 aliphatic rings. The predicted octanol–water partition coefficient (Wildman–Crippen LogP) is 6.90. The van der Waals surface area contributed by atoms with E-state index in [2.05, 4.69) is 41.7 Å². The molecule has 0 spiro atoms. The first-order valence-electron chi connectivity index (χ1n) is 14.2. The van der Waals surface area contributed by atoms with Crippen molar-refractivity contribution < 1.29 is 14.3 Å². The van der Waals surface area contributed by atoms with Gasteiger partial charge < -0.3 is 20.7 Å². The van der Waals surface area contributed by atoms with E-state index in [9.17, 15) is 9.59 Å². The zero-order valence-corrected chi connectivity index (χ0v) is 25.0. The number of aromatic nitrogens is 2. The number of hydrogen-bond donors (Lipinski definition) is 3. The Labute approximate surface area is 248 Å². The average Bonchev–Trinajstić information content (AvgIpc) is 2.98. The molecule has 218 valence electrons. The van der Waals surface area contributed by atoms with Gasteiger partial charge in [0.1, 0.15) is 0 Å². The summed E-state index contributed by atoms with van der Waals surface area (Å²) < 4.78 is 5.30. The van der Waals surface area contributed by atoms with Crippen molar-refractivity contribution in [2.24, 2.45) is 0 Å². The van der Waals surface area contributed by atoms with E-state index in [4.69, 9.17) is 9.72 Å². The Morgan fingerprint density at radius 2 is 1.57 bits per heavy atom. The van der Waals surface area contributed by atoms with Crippen molar-refractivity contribution >= 4 is 29.1 Å². The maximum Gasteiger partial charge on any atom is 0.255 e. The van der Waals surface area contributed by atoms with E-state index in [1.807, 2.05) is 74.5 Å². The van der Waals surface area contributed by atoms with Gasteiger partial charge in [-0.2, -0.15) is 0 Å². The molecule has 4 rings (SSSR count). The number of nitrogens with one attached hydrogen (secondary N) is 3. The molecule has 0 radical (unpaired) electrons. The third-order valence-corrected chi connectivity index (χ3v) is 6.89. The number of rotatable bonds is 11. The molecular weight excluding hydrogens is 526 g/mol. The van der Waals surface area contributed by atoms with E-state index in [0.717, 1.165) is 34.6 Å². The zero-order valence-electron chi connectivity index (χ0n) is 25.0. The molecule has 2 amide bonds. The summed E-state index contributed by atoms with van der Waals surface area (Å²) in [5.74, 6) is 0.137. The topological polar surface area (TPSA) is 105 Å². The van der Waals surface area contributed by atoms with Crippen LogP contribution < -0.4 is 16.0 Å². The zero-order chi connectivity index (χ0) is 30.1. The second-order valence-electron chi connectivity index (χ2n) is 11.0. The standard InChI is InChI=1S/C34H39N5O3/c1-6-42-22-8-20-35-31(40)24-13-17-27(18-14-24)37-33-36-21-19-30(39-33)28-9-7-10-29(23(28)2)38-32(41)25-11-15-26(16-12-25)34(3,4)5/h7,9-19,21H,6,8,20,22H2,1-5H3,(H,35,40)(H,38,41)(H,36,37,39). The second-order valence-corrected chi connectivity index (χ2v) is 11.0. The maximum atomic E-state index is 13.0. The molecule has 0 unspecified atom stereocenters. The lowest BCUT2D eigenvalue weighted by molar-refractivity contribution is 0.0943. The van der Waals surface area contributed by atoms with Crippen LogP contribution in [0.4, 0.5) is 17.3 Å². The summed E-state index contributed by atoms with van der Waals surface area (Å²) in [6.45, 7) is 12.2. The average molecular weight is 566 g/mol. The number of benzene rings is 3. The first-order valence-corrected chi connectivity index (χ1v) is 14.2. The van der Waals surface area contributed by atoms with Crippen LogP contribution in [0.15, 0.2) is 79.0 Å². The molecule has 0 saturated heterocycles. The molecule has 0 atom stereocenters. The highest BCUT2D eigenvalue weighted by Gasteiger charge is 2.16. The number of ether oxygens (including phenoxy) is 1. The van der Waals surface area contributed by atoms with Crippen LogP contribution >= 0.6 is 0 Å². The molecule has 0 fully saturated rings. The molecule has 42 heavy (non-hydrogen) atoms. The number of anilines is 3. The molecule has 8 heteroatoms. The summed E-state index contributed by atoms with van der Waals surface area (Å²) in [5.41, 5.74) is 6.37. The van der Waals surface area contributed by atoms with Crippen molar-refractivity contribution in [3.63, 3.8) is 0 Å². The summed E-state index contributed by atoms with van der Waals surface area (Å²) in [6, 6.07) is 22.5. The summed E-state index contributed by atoms with van der Waals surface area (Å²) >= 11 is 0.